The maximum absolute atomic E-state index is 9.75. The molecule has 16 heavy (non-hydrogen) atoms. The summed E-state index contributed by atoms with van der Waals surface area (Å²) in [6, 6.07) is 5.81. The van der Waals surface area contributed by atoms with Crippen LogP contribution in [0.1, 0.15) is 26.3 Å². The van der Waals surface area contributed by atoms with E-state index in [1.807, 2.05) is 12.1 Å². The SMILES string of the molecule is COc1ccc(CNC(C)C(C)C)c(O)c1. The van der Waals surface area contributed by atoms with Crippen LogP contribution in [0.15, 0.2) is 18.2 Å². The van der Waals surface area contributed by atoms with Gasteiger partial charge in [-0.25, -0.2) is 0 Å². The fourth-order valence-corrected chi connectivity index (χ4v) is 1.33. The average Bonchev–Trinajstić information content (AvgIpc) is 2.26. The number of aromatic hydroxyl groups is 1. The second kappa shape index (κ2) is 5.75. The molecule has 3 nitrogen and oxygen atoms in total. The Bertz CT molecular complexity index is 337. The predicted molar refractivity (Wildman–Crippen MR) is 65.8 cm³/mol. The number of rotatable bonds is 5. The van der Waals surface area contributed by atoms with Crippen LogP contribution in [0.3, 0.4) is 0 Å². The Labute approximate surface area is 97.4 Å². The second-order valence-electron chi connectivity index (χ2n) is 4.41. The van der Waals surface area contributed by atoms with Gasteiger partial charge in [0.05, 0.1) is 7.11 Å². The Morgan fingerprint density at radius 2 is 2.00 bits per heavy atom. The highest BCUT2D eigenvalue weighted by molar-refractivity contribution is 5.39. The zero-order chi connectivity index (χ0) is 12.1. The largest absolute Gasteiger partial charge is 0.507 e. The topological polar surface area (TPSA) is 41.5 Å². The average molecular weight is 223 g/mol. The first-order chi connectivity index (χ1) is 7.54. The van der Waals surface area contributed by atoms with Crippen LogP contribution in [0, 0.1) is 5.92 Å². The predicted octanol–water partition coefficient (Wildman–Crippen LogP) is 2.53. The van der Waals surface area contributed by atoms with Gasteiger partial charge >= 0.3 is 0 Å². The van der Waals surface area contributed by atoms with Crippen molar-refractivity contribution in [3.05, 3.63) is 23.8 Å². The molecule has 0 bridgehead atoms. The summed E-state index contributed by atoms with van der Waals surface area (Å²) in [6.07, 6.45) is 0. The minimum absolute atomic E-state index is 0.280. The molecule has 1 rings (SSSR count). The molecule has 3 heteroatoms. The van der Waals surface area contributed by atoms with E-state index in [1.54, 1.807) is 13.2 Å². The van der Waals surface area contributed by atoms with Gasteiger partial charge < -0.3 is 15.2 Å². The highest BCUT2D eigenvalue weighted by Gasteiger charge is 2.08. The van der Waals surface area contributed by atoms with Crippen LogP contribution < -0.4 is 10.1 Å². The zero-order valence-electron chi connectivity index (χ0n) is 10.4. The van der Waals surface area contributed by atoms with Crippen LogP contribution in [0.2, 0.25) is 0 Å². The van der Waals surface area contributed by atoms with Gasteiger partial charge in [0.1, 0.15) is 11.5 Å². The van der Waals surface area contributed by atoms with Crippen LogP contribution in [-0.2, 0) is 6.54 Å². The summed E-state index contributed by atoms with van der Waals surface area (Å²) in [6.45, 7) is 7.16. The molecule has 0 spiro atoms. The maximum Gasteiger partial charge on any atom is 0.123 e. The van der Waals surface area contributed by atoms with Gasteiger partial charge in [0.15, 0.2) is 0 Å². The van der Waals surface area contributed by atoms with Crippen molar-refractivity contribution in [3.8, 4) is 11.5 Å². The second-order valence-corrected chi connectivity index (χ2v) is 4.41. The molecule has 2 N–H and O–H groups in total. The highest BCUT2D eigenvalue weighted by atomic mass is 16.5. The molecule has 1 aromatic rings. The molecule has 1 atom stereocenters. The molecule has 1 aromatic carbocycles. The Hall–Kier alpha value is -1.22. The summed E-state index contributed by atoms with van der Waals surface area (Å²) in [7, 11) is 1.59. The quantitative estimate of drug-likeness (QED) is 0.806. The Balaban J connectivity index is 2.61. The fourth-order valence-electron chi connectivity index (χ4n) is 1.33. The molecule has 0 aromatic heterocycles. The van der Waals surface area contributed by atoms with Crippen LogP contribution in [0.4, 0.5) is 0 Å². The summed E-state index contributed by atoms with van der Waals surface area (Å²) in [5.41, 5.74) is 0.897. The smallest absolute Gasteiger partial charge is 0.123 e. The third-order valence-electron chi connectivity index (χ3n) is 2.91. The Kier molecular flexibility index (Phi) is 4.62. The van der Waals surface area contributed by atoms with E-state index in [-0.39, 0.29) is 5.75 Å². The fraction of sp³-hybridized carbons (Fsp3) is 0.538. The van der Waals surface area contributed by atoms with Crippen molar-refractivity contribution in [2.45, 2.75) is 33.4 Å². The first kappa shape index (κ1) is 12.8. The van der Waals surface area contributed by atoms with Gasteiger partial charge in [-0.05, 0) is 18.9 Å². The van der Waals surface area contributed by atoms with Crippen molar-refractivity contribution < 1.29 is 9.84 Å². The number of benzene rings is 1. The molecule has 90 valence electrons. The summed E-state index contributed by atoms with van der Waals surface area (Å²) in [4.78, 5) is 0. The summed E-state index contributed by atoms with van der Waals surface area (Å²) >= 11 is 0. The summed E-state index contributed by atoms with van der Waals surface area (Å²) in [5, 5.41) is 13.1. The molecule has 0 aliphatic heterocycles. The van der Waals surface area contributed by atoms with E-state index in [1.165, 1.54) is 0 Å². The van der Waals surface area contributed by atoms with Gasteiger partial charge in [-0.15, -0.1) is 0 Å². The molecule has 0 saturated carbocycles. The van der Waals surface area contributed by atoms with E-state index >= 15 is 0 Å². The normalized spacial score (nSPS) is 12.8. The van der Waals surface area contributed by atoms with E-state index in [0.29, 0.717) is 24.3 Å². The maximum atomic E-state index is 9.75. The van der Waals surface area contributed by atoms with Gasteiger partial charge in [0.25, 0.3) is 0 Å². The number of hydrogen-bond acceptors (Lipinski definition) is 3. The molecule has 1 unspecified atom stereocenters. The molecule has 0 amide bonds. The first-order valence-corrected chi connectivity index (χ1v) is 5.64. The highest BCUT2D eigenvalue weighted by Crippen LogP contribution is 2.23. The molecule has 0 saturated heterocycles. The van der Waals surface area contributed by atoms with E-state index in [2.05, 4.69) is 26.1 Å². The third-order valence-corrected chi connectivity index (χ3v) is 2.91. The zero-order valence-corrected chi connectivity index (χ0v) is 10.4. The summed E-state index contributed by atoms with van der Waals surface area (Å²) < 4.78 is 5.03. The minimum atomic E-state index is 0.280. The first-order valence-electron chi connectivity index (χ1n) is 5.64. The Morgan fingerprint density at radius 1 is 1.31 bits per heavy atom. The molecule has 0 heterocycles. The van der Waals surface area contributed by atoms with Crippen LogP contribution in [0.25, 0.3) is 0 Å². The number of nitrogens with one attached hydrogen (secondary N) is 1. The monoisotopic (exact) mass is 223 g/mol. The van der Waals surface area contributed by atoms with E-state index in [9.17, 15) is 5.11 Å². The lowest BCUT2D eigenvalue weighted by atomic mass is 10.1. The molecule has 0 fully saturated rings. The summed E-state index contributed by atoms with van der Waals surface area (Å²) in [5.74, 6) is 1.54. The van der Waals surface area contributed by atoms with Crippen molar-refractivity contribution in [1.82, 2.24) is 5.32 Å². The number of hydrogen-bond donors (Lipinski definition) is 2. The number of ether oxygens (including phenoxy) is 1. The van der Waals surface area contributed by atoms with Crippen LogP contribution in [-0.4, -0.2) is 18.3 Å². The lowest BCUT2D eigenvalue weighted by molar-refractivity contribution is 0.400. The van der Waals surface area contributed by atoms with Crippen molar-refractivity contribution in [2.24, 2.45) is 5.92 Å². The minimum Gasteiger partial charge on any atom is -0.507 e. The van der Waals surface area contributed by atoms with Crippen LogP contribution >= 0.6 is 0 Å². The number of methoxy groups -OCH3 is 1. The lowest BCUT2D eigenvalue weighted by Gasteiger charge is -2.18. The van der Waals surface area contributed by atoms with E-state index in [4.69, 9.17) is 4.74 Å². The molecule has 0 radical (unpaired) electrons. The van der Waals surface area contributed by atoms with Crippen molar-refractivity contribution in [3.63, 3.8) is 0 Å². The van der Waals surface area contributed by atoms with E-state index < -0.39 is 0 Å². The third kappa shape index (κ3) is 3.42. The Morgan fingerprint density at radius 3 is 2.50 bits per heavy atom. The van der Waals surface area contributed by atoms with Crippen molar-refractivity contribution >= 4 is 0 Å². The molecular formula is C13H21NO2. The van der Waals surface area contributed by atoms with Crippen molar-refractivity contribution in [2.75, 3.05) is 7.11 Å². The number of phenolic OH excluding ortho intramolecular Hbond substituents is 1. The van der Waals surface area contributed by atoms with Crippen molar-refractivity contribution in [1.29, 1.82) is 0 Å². The van der Waals surface area contributed by atoms with E-state index in [0.717, 1.165) is 5.56 Å². The number of phenols is 1. The molecule has 0 aliphatic rings. The van der Waals surface area contributed by atoms with Crippen LogP contribution in [0.5, 0.6) is 11.5 Å². The molecular weight excluding hydrogens is 202 g/mol. The van der Waals surface area contributed by atoms with Gasteiger partial charge in [-0.1, -0.05) is 19.9 Å². The van der Waals surface area contributed by atoms with Gasteiger partial charge in [0, 0.05) is 24.2 Å². The van der Waals surface area contributed by atoms with Gasteiger partial charge in [-0.2, -0.15) is 0 Å². The van der Waals surface area contributed by atoms with Gasteiger partial charge in [0.2, 0.25) is 0 Å². The molecule has 0 aliphatic carbocycles. The lowest BCUT2D eigenvalue weighted by Crippen LogP contribution is -2.30. The van der Waals surface area contributed by atoms with Gasteiger partial charge in [-0.3, -0.25) is 0 Å². The standard InChI is InChI=1S/C13H21NO2/c1-9(2)10(3)14-8-11-5-6-12(16-4)7-13(11)15/h5-7,9-10,14-15H,8H2,1-4H3.